The third-order valence-electron chi connectivity index (χ3n) is 5.75. The van der Waals surface area contributed by atoms with Crippen LogP contribution in [0.2, 0.25) is 5.02 Å². The smallest absolute Gasteiger partial charge is 0.274 e. The molecule has 30 heavy (non-hydrogen) atoms. The zero-order valence-electron chi connectivity index (χ0n) is 17.0. The lowest BCUT2D eigenvalue weighted by atomic mass is 10.1. The predicted octanol–water partition coefficient (Wildman–Crippen LogP) is -5.13. The minimum atomic E-state index is 0. The van der Waals surface area contributed by atoms with E-state index in [1.165, 1.54) is 10.6 Å². The summed E-state index contributed by atoms with van der Waals surface area (Å²) in [7, 11) is 0. The van der Waals surface area contributed by atoms with E-state index in [1.54, 1.807) is 9.58 Å². The van der Waals surface area contributed by atoms with Gasteiger partial charge in [0.2, 0.25) is 0 Å². The highest BCUT2D eigenvalue weighted by Gasteiger charge is 2.24. The molecular weight excluding hydrogens is 443 g/mol. The number of hydrogen-bond donors (Lipinski definition) is 2. The largest absolute Gasteiger partial charge is 1.00 e. The Bertz CT molecular complexity index is 1030. The van der Waals surface area contributed by atoms with Crippen LogP contribution in [-0.4, -0.2) is 42.5 Å². The number of aromatic nitrogens is 2. The summed E-state index contributed by atoms with van der Waals surface area (Å²) >= 11 is 6.13. The highest BCUT2D eigenvalue weighted by Crippen LogP contribution is 2.12. The van der Waals surface area contributed by atoms with Crippen LogP contribution < -0.4 is 40.2 Å². The van der Waals surface area contributed by atoms with Gasteiger partial charge in [0.25, 0.3) is 5.56 Å². The van der Waals surface area contributed by atoms with Crippen molar-refractivity contribution in [3.8, 4) is 0 Å². The summed E-state index contributed by atoms with van der Waals surface area (Å²) in [5.74, 6) is 0. The molecule has 0 unspecified atom stereocenters. The minimum absolute atomic E-state index is 0. The fourth-order valence-corrected chi connectivity index (χ4v) is 4.38. The van der Waals surface area contributed by atoms with E-state index in [-0.39, 0.29) is 30.4 Å². The molecule has 3 aromatic rings. The number of nitrogens with one attached hydrogen (secondary N) is 2. The monoisotopic (exact) mass is 468 g/mol. The maximum atomic E-state index is 12.7. The van der Waals surface area contributed by atoms with E-state index in [0.29, 0.717) is 6.54 Å². The second-order valence-corrected chi connectivity index (χ2v) is 8.06. The Morgan fingerprint density at radius 3 is 2.40 bits per heavy atom. The number of quaternary nitrogens is 2. The van der Waals surface area contributed by atoms with E-state index < -0.39 is 0 Å². The minimum Gasteiger partial charge on any atom is -1.00 e. The molecule has 2 aromatic carbocycles. The molecule has 1 aliphatic rings. The van der Waals surface area contributed by atoms with Crippen molar-refractivity contribution in [2.75, 3.05) is 32.7 Å². The Labute approximate surface area is 194 Å². The molecule has 0 radical (unpaired) electrons. The molecule has 0 spiro atoms. The summed E-state index contributed by atoms with van der Waals surface area (Å²) in [6.07, 6.45) is 0.965. The summed E-state index contributed by atoms with van der Waals surface area (Å²) in [5.41, 5.74) is 2.22. The molecule has 1 aromatic heterocycles. The number of halogens is 3. The van der Waals surface area contributed by atoms with Crippen molar-refractivity contribution < 1.29 is 34.6 Å². The average molecular weight is 470 g/mol. The van der Waals surface area contributed by atoms with E-state index in [2.05, 4.69) is 17.2 Å². The van der Waals surface area contributed by atoms with Gasteiger partial charge in [-0.2, -0.15) is 5.10 Å². The fourth-order valence-electron chi connectivity index (χ4n) is 4.19. The Morgan fingerprint density at radius 1 is 1.00 bits per heavy atom. The zero-order chi connectivity index (χ0) is 19.5. The molecule has 8 heteroatoms. The number of piperazine rings is 1. The first-order chi connectivity index (χ1) is 13.6. The van der Waals surface area contributed by atoms with E-state index in [1.807, 2.05) is 43.3 Å². The number of hydrogen-bond acceptors (Lipinski definition) is 2. The third kappa shape index (κ3) is 5.54. The molecular formula is C22H27Cl3N4O. The molecule has 1 aliphatic heterocycles. The van der Waals surface area contributed by atoms with Crippen molar-refractivity contribution in [1.82, 2.24) is 9.78 Å². The number of fused-ring (bicyclic) bond motifs is 1. The van der Waals surface area contributed by atoms with Gasteiger partial charge in [-0.3, -0.25) is 9.69 Å². The topological polar surface area (TPSA) is 43.8 Å². The van der Waals surface area contributed by atoms with Gasteiger partial charge in [0.15, 0.2) is 0 Å². The van der Waals surface area contributed by atoms with Crippen LogP contribution in [0.1, 0.15) is 12.1 Å². The average Bonchev–Trinajstić information content (AvgIpc) is 2.72. The van der Waals surface area contributed by atoms with Crippen molar-refractivity contribution >= 4 is 28.1 Å². The first-order valence-electron chi connectivity index (χ1n) is 10.0. The molecule has 0 aliphatic carbocycles. The standard InChI is InChI=1S/C22H25ClN4O.2ClH/c1-17-20-8-2-3-9-21(20)22(28)27(24-17)11-5-10-25-12-14-26(15-13-25)19-7-4-6-18(23)16-19;;/h2-4,6-9,16H,5,10-15H2,1H3;2*1H. The van der Waals surface area contributed by atoms with Crippen molar-refractivity contribution in [3.05, 3.63) is 69.6 Å². The molecule has 1 fully saturated rings. The Kier molecular flexibility index (Phi) is 9.13. The summed E-state index contributed by atoms with van der Waals surface area (Å²) in [6, 6.07) is 15.9. The van der Waals surface area contributed by atoms with Crippen LogP contribution in [0.5, 0.6) is 0 Å². The second kappa shape index (κ2) is 11.1. The van der Waals surface area contributed by atoms with Crippen molar-refractivity contribution in [1.29, 1.82) is 0 Å². The van der Waals surface area contributed by atoms with Gasteiger partial charge in [-0.15, -0.1) is 0 Å². The Balaban J connectivity index is 0.00000160. The van der Waals surface area contributed by atoms with E-state index in [4.69, 9.17) is 11.6 Å². The van der Waals surface area contributed by atoms with E-state index >= 15 is 0 Å². The molecule has 2 N–H and O–H groups in total. The van der Waals surface area contributed by atoms with Crippen LogP contribution in [0, 0.1) is 6.92 Å². The van der Waals surface area contributed by atoms with E-state index in [9.17, 15) is 4.79 Å². The third-order valence-corrected chi connectivity index (χ3v) is 5.98. The first-order valence-corrected chi connectivity index (χ1v) is 10.4. The lowest BCUT2D eigenvalue weighted by molar-refractivity contribution is -0.986. The molecule has 0 amide bonds. The highest BCUT2D eigenvalue weighted by molar-refractivity contribution is 6.30. The van der Waals surface area contributed by atoms with Crippen LogP contribution in [0.25, 0.3) is 10.8 Å². The molecule has 0 bridgehead atoms. The fraction of sp³-hybridized carbons (Fsp3) is 0.364. The SMILES string of the molecule is Cc1nn(CCC[NH+]2CC[NH+](c3cccc(Cl)c3)CC2)c(=O)c2ccccc12.[Cl-].[Cl-]. The maximum absolute atomic E-state index is 12.7. The van der Waals surface area contributed by atoms with Gasteiger partial charge < -0.3 is 29.7 Å². The van der Waals surface area contributed by atoms with Crippen LogP contribution in [0.15, 0.2) is 53.3 Å². The number of nitrogens with zero attached hydrogens (tertiary/aromatic N) is 2. The van der Waals surface area contributed by atoms with Gasteiger partial charge >= 0.3 is 0 Å². The predicted molar refractivity (Wildman–Crippen MR) is 113 cm³/mol. The lowest BCUT2D eigenvalue weighted by Gasteiger charge is -2.29. The molecule has 2 heterocycles. The van der Waals surface area contributed by atoms with Crippen molar-refractivity contribution in [3.63, 3.8) is 0 Å². The van der Waals surface area contributed by atoms with Crippen molar-refractivity contribution in [2.45, 2.75) is 19.9 Å². The molecule has 0 atom stereocenters. The number of benzene rings is 2. The van der Waals surface area contributed by atoms with Gasteiger partial charge in [0.1, 0.15) is 31.9 Å². The maximum Gasteiger partial charge on any atom is 0.274 e. The first kappa shape index (κ1) is 24.6. The van der Waals surface area contributed by atoms with Gasteiger partial charge in [-0.1, -0.05) is 35.9 Å². The molecule has 4 rings (SSSR count). The van der Waals surface area contributed by atoms with Crippen molar-refractivity contribution in [2.24, 2.45) is 0 Å². The zero-order valence-corrected chi connectivity index (χ0v) is 19.3. The summed E-state index contributed by atoms with van der Waals surface area (Å²) < 4.78 is 1.64. The lowest BCUT2D eigenvalue weighted by Crippen LogP contribution is -3.26. The normalized spacial score (nSPS) is 18.5. The van der Waals surface area contributed by atoms with Gasteiger partial charge in [0.05, 0.1) is 24.2 Å². The molecule has 0 saturated carbocycles. The van der Waals surface area contributed by atoms with E-state index in [0.717, 1.165) is 60.6 Å². The van der Waals surface area contributed by atoms with Crippen LogP contribution >= 0.6 is 11.6 Å². The highest BCUT2D eigenvalue weighted by atomic mass is 35.5. The number of rotatable bonds is 5. The number of aryl methyl sites for hydroxylation is 2. The quantitative estimate of drug-likeness (QED) is 0.393. The van der Waals surface area contributed by atoms with Gasteiger partial charge in [-0.25, -0.2) is 4.68 Å². The summed E-state index contributed by atoms with van der Waals surface area (Å²) in [4.78, 5) is 15.8. The van der Waals surface area contributed by atoms with Crippen LogP contribution in [0.4, 0.5) is 5.69 Å². The van der Waals surface area contributed by atoms with Gasteiger partial charge in [-0.05, 0) is 25.1 Å². The Morgan fingerprint density at radius 2 is 1.70 bits per heavy atom. The Hall–Kier alpha value is -1.63. The summed E-state index contributed by atoms with van der Waals surface area (Å²) in [5, 5.41) is 7.05. The molecule has 162 valence electrons. The van der Waals surface area contributed by atoms with Crippen LogP contribution in [-0.2, 0) is 6.54 Å². The van der Waals surface area contributed by atoms with Gasteiger partial charge in [0, 0.05) is 22.9 Å². The molecule has 1 saturated heterocycles. The summed E-state index contributed by atoms with van der Waals surface area (Å²) in [6.45, 7) is 8.23. The molecule has 5 nitrogen and oxygen atoms in total. The second-order valence-electron chi connectivity index (χ2n) is 7.63. The van der Waals surface area contributed by atoms with Crippen LogP contribution in [0.3, 0.4) is 0 Å².